The summed E-state index contributed by atoms with van der Waals surface area (Å²) in [6, 6.07) is 72.7. The van der Waals surface area contributed by atoms with E-state index >= 15 is 0 Å². The minimum absolute atomic E-state index is 0.117. The fourth-order valence-electron chi connectivity index (χ4n) is 11.0. The van der Waals surface area contributed by atoms with Gasteiger partial charge in [-0.3, -0.25) is 0 Å². The molecule has 0 radical (unpaired) electrons. The highest BCUT2D eigenvalue weighted by atomic mass is 15.1. The SMILES string of the molecule is CC1(C)c2ccccc2-c2ccc(N(c3ccc(-c4ccccc4)cc3)c3ccc4c(c3)c3cccc5c6cccc7c6c6c(cccc6c6ccccc6n4c53)C7)cc21. The van der Waals surface area contributed by atoms with E-state index in [4.69, 9.17) is 0 Å². The smallest absolute Gasteiger partial charge is 0.0619 e. The molecule has 0 atom stereocenters. The standard InChI is InChI=1S/C58H40N2/c1-58(2)51-23-8-6-17-43(51)44-31-29-42(35-52(44)58)59(40-27-25-37(26-28-40)36-13-4-3-5-14-36)41-30-32-54-50(34-41)49-22-12-21-48-47-20-11-16-39-33-38-15-10-19-46(55(38)56(39)47)45-18-7-9-24-53(45)60(54)57(48)49/h3-32,34-35H,33H2,1-2H3. The van der Waals surface area contributed by atoms with Crippen molar-refractivity contribution in [3.63, 3.8) is 0 Å². The third-order valence-electron chi connectivity index (χ3n) is 13.7. The Morgan fingerprint density at radius 2 is 0.950 bits per heavy atom. The van der Waals surface area contributed by atoms with Crippen LogP contribution in [0.1, 0.15) is 36.1 Å². The molecule has 2 aliphatic carbocycles. The molecule has 0 N–H and O–H groups in total. The van der Waals surface area contributed by atoms with Crippen molar-refractivity contribution >= 4 is 76.7 Å². The van der Waals surface area contributed by atoms with E-state index < -0.39 is 0 Å². The van der Waals surface area contributed by atoms with Crippen LogP contribution in [0.4, 0.5) is 17.1 Å². The first kappa shape index (κ1) is 33.5. The largest absolute Gasteiger partial charge is 0.310 e. The van der Waals surface area contributed by atoms with Crippen LogP contribution in [0.5, 0.6) is 0 Å². The van der Waals surface area contributed by atoms with E-state index in [1.54, 1.807) is 0 Å². The first-order valence-corrected chi connectivity index (χ1v) is 21.1. The zero-order valence-corrected chi connectivity index (χ0v) is 33.6. The number of fused-ring (bicyclic) bond motifs is 10. The first-order chi connectivity index (χ1) is 29.5. The summed E-state index contributed by atoms with van der Waals surface area (Å²) in [4.78, 5) is 2.46. The van der Waals surface area contributed by atoms with Crippen LogP contribution < -0.4 is 4.90 Å². The number of benzene rings is 9. The molecule has 0 bridgehead atoms. The van der Waals surface area contributed by atoms with Crippen LogP contribution in [-0.2, 0) is 11.8 Å². The Morgan fingerprint density at radius 3 is 1.75 bits per heavy atom. The van der Waals surface area contributed by atoms with Crippen molar-refractivity contribution < 1.29 is 0 Å². The zero-order chi connectivity index (χ0) is 39.7. The minimum Gasteiger partial charge on any atom is -0.310 e. The van der Waals surface area contributed by atoms with Gasteiger partial charge >= 0.3 is 0 Å². The van der Waals surface area contributed by atoms with Gasteiger partial charge in [-0.15, -0.1) is 0 Å². The number of para-hydroxylation sites is 2. The molecule has 2 aliphatic rings. The molecular weight excluding hydrogens is 725 g/mol. The summed E-state index contributed by atoms with van der Waals surface area (Å²) in [6.45, 7) is 4.74. The molecule has 0 amide bonds. The molecule has 2 heterocycles. The molecule has 60 heavy (non-hydrogen) atoms. The molecule has 0 fully saturated rings. The lowest BCUT2D eigenvalue weighted by Crippen LogP contribution is -2.16. The van der Waals surface area contributed by atoms with E-state index in [1.807, 2.05) is 0 Å². The average molecular weight is 765 g/mol. The van der Waals surface area contributed by atoms with E-state index in [9.17, 15) is 0 Å². The van der Waals surface area contributed by atoms with Gasteiger partial charge in [-0.1, -0.05) is 159 Å². The lowest BCUT2D eigenvalue weighted by Gasteiger charge is -2.28. The van der Waals surface area contributed by atoms with Gasteiger partial charge in [0.25, 0.3) is 0 Å². The van der Waals surface area contributed by atoms with Gasteiger partial charge in [0.1, 0.15) is 0 Å². The van der Waals surface area contributed by atoms with Crippen LogP contribution in [-0.4, -0.2) is 4.40 Å². The van der Waals surface area contributed by atoms with Crippen molar-refractivity contribution in [3.05, 3.63) is 216 Å². The fraction of sp³-hybridized carbons (Fsp3) is 0.0690. The zero-order valence-electron chi connectivity index (χ0n) is 33.6. The molecule has 0 unspecified atom stereocenters. The van der Waals surface area contributed by atoms with Crippen LogP contribution in [0, 0.1) is 0 Å². The highest BCUT2D eigenvalue weighted by molar-refractivity contribution is 6.27. The second-order valence-corrected chi connectivity index (χ2v) is 17.3. The van der Waals surface area contributed by atoms with Crippen molar-refractivity contribution in [2.24, 2.45) is 0 Å². The van der Waals surface area contributed by atoms with E-state index in [0.717, 1.165) is 23.5 Å². The minimum atomic E-state index is -0.117. The summed E-state index contributed by atoms with van der Waals surface area (Å²) in [5, 5.41) is 10.4. The normalized spacial score (nSPS) is 13.6. The van der Waals surface area contributed by atoms with Gasteiger partial charge in [-0.25, -0.2) is 0 Å². The molecule has 11 aromatic rings. The highest BCUT2D eigenvalue weighted by Gasteiger charge is 2.36. The van der Waals surface area contributed by atoms with Gasteiger partial charge in [-0.05, 0) is 121 Å². The molecule has 9 aromatic carbocycles. The lowest BCUT2D eigenvalue weighted by molar-refractivity contribution is 0.660. The molecule has 0 saturated carbocycles. The van der Waals surface area contributed by atoms with Crippen LogP contribution in [0.15, 0.2) is 194 Å². The van der Waals surface area contributed by atoms with Crippen molar-refractivity contribution in [1.82, 2.24) is 4.40 Å². The number of hydrogen-bond acceptors (Lipinski definition) is 1. The van der Waals surface area contributed by atoms with E-state index in [0.29, 0.717) is 0 Å². The van der Waals surface area contributed by atoms with E-state index in [2.05, 4.69) is 217 Å². The number of aromatic nitrogens is 1. The van der Waals surface area contributed by atoms with Gasteiger partial charge in [0, 0.05) is 44.0 Å². The molecule has 2 heteroatoms. The summed E-state index contributed by atoms with van der Waals surface area (Å²) in [5.41, 5.74) is 17.6. The summed E-state index contributed by atoms with van der Waals surface area (Å²) in [7, 11) is 0. The topological polar surface area (TPSA) is 7.65 Å². The molecule has 0 saturated heterocycles. The fourth-order valence-corrected chi connectivity index (χ4v) is 11.0. The number of hydrogen-bond donors (Lipinski definition) is 0. The molecular formula is C58H40N2. The maximum Gasteiger partial charge on any atom is 0.0619 e. The molecule has 282 valence electrons. The predicted molar refractivity (Wildman–Crippen MR) is 254 cm³/mol. The van der Waals surface area contributed by atoms with Gasteiger partial charge in [0.05, 0.1) is 16.6 Å². The van der Waals surface area contributed by atoms with E-state index in [-0.39, 0.29) is 5.41 Å². The van der Waals surface area contributed by atoms with Crippen molar-refractivity contribution in [2.75, 3.05) is 4.90 Å². The summed E-state index contributed by atoms with van der Waals surface area (Å²) >= 11 is 0. The number of anilines is 3. The Balaban J connectivity index is 1.11. The van der Waals surface area contributed by atoms with Gasteiger partial charge in [0.15, 0.2) is 0 Å². The van der Waals surface area contributed by atoms with Crippen LogP contribution in [0.2, 0.25) is 0 Å². The Hall–Kier alpha value is -7.42. The number of nitrogens with zero attached hydrogens (tertiary/aromatic N) is 2. The first-order valence-electron chi connectivity index (χ1n) is 21.1. The van der Waals surface area contributed by atoms with Gasteiger partial charge < -0.3 is 9.30 Å². The Kier molecular flexibility index (Phi) is 6.88. The summed E-state index contributed by atoms with van der Waals surface area (Å²) < 4.78 is 2.55. The molecule has 0 aliphatic heterocycles. The Labute approximate surface area is 348 Å². The van der Waals surface area contributed by atoms with E-state index in [1.165, 1.54) is 104 Å². The average Bonchev–Trinajstić information content (AvgIpc) is 3.93. The maximum absolute atomic E-state index is 2.55. The highest BCUT2D eigenvalue weighted by Crippen LogP contribution is 2.51. The molecule has 2 aromatic heterocycles. The third kappa shape index (κ3) is 4.59. The van der Waals surface area contributed by atoms with Crippen molar-refractivity contribution in [2.45, 2.75) is 25.7 Å². The van der Waals surface area contributed by atoms with Crippen LogP contribution >= 0.6 is 0 Å². The summed E-state index contributed by atoms with van der Waals surface area (Å²) in [5.74, 6) is 0. The predicted octanol–water partition coefficient (Wildman–Crippen LogP) is 15.6. The number of rotatable bonds is 4. The van der Waals surface area contributed by atoms with Crippen molar-refractivity contribution in [1.29, 1.82) is 0 Å². The Morgan fingerprint density at radius 1 is 0.400 bits per heavy atom. The summed E-state index contributed by atoms with van der Waals surface area (Å²) in [6.07, 6.45) is 0.963. The molecule has 13 rings (SSSR count). The van der Waals surface area contributed by atoms with Gasteiger partial charge in [0.2, 0.25) is 0 Å². The molecule has 0 spiro atoms. The van der Waals surface area contributed by atoms with Crippen molar-refractivity contribution in [3.8, 4) is 22.3 Å². The van der Waals surface area contributed by atoms with Gasteiger partial charge in [-0.2, -0.15) is 0 Å². The Bertz CT molecular complexity index is 3650. The van der Waals surface area contributed by atoms with Crippen LogP contribution in [0.25, 0.3) is 81.9 Å². The third-order valence-corrected chi connectivity index (χ3v) is 13.7. The van der Waals surface area contributed by atoms with Crippen LogP contribution in [0.3, 0.4) is 0 Å². The monoisotopic (exact) mass is 764 g/mol. The second kappa shape index (κ2) is 12.3. The second-order valence-electron chi connectivity index (χ2n) is 17.3. The lowest BCUT2D eigenvalue weighted by atomic mass is 9.82. The quantitative estimate of drug-likeness (QED) is 0.173. The maximum atomic E-state index is 2.55. The molecule has 2 nitrogen and oxygen atoms in total.